The number of anilines is 1. The molecule has 136 valence electrons. The van der Waals surface area contributed by atoms with E-state index in [0.29, 0.717) is 11.3 Å². The Hall–Kier alpha value is -2.98. The van der Waals surface area contributed by atoms with Gasteiger partial charge >= 0.3 is 6.01 Å². The minimum absolute atomic E-state index is 0.0877. The summed E-state index contributed by atoms with van der Waals surface area (Å²) < 4.78 is 32.4. The number of aromatic nitrogens is 3. The Balaban J connectivity index is 1.67. The third-order valence-corrected chi connectivity index (χ3v) is 5.32. The Morgan fingerprint density at radius 2 is 2.00 bits per heavy atom. The fourth-order valence-electron chi connectivity index (χ4n) is 2.19. The first-order valence-corrected chi connectivity index (χ1v) is 9.07. The molecule has 2 heterocycles. The van der Waals surface area contributed by atoms with Crippen LogP contribution in [0, 0.1) is 0 Å². The molecule has 3 rings (SSSR count). The highest BCUT2D eigenvalue weighted by atomic mass is 32.2. The summed E-state index contributed by atoms with van der Waals surface area (Å²) in [6.07, 6.45) is 1.72. The number of carbonyl (C=O) groups excluding carboxylic acids is 1. The molecule has 9 nitrogen and oxygen atoms in total. The van der Waals surface area contributed by atoms with Gasteiger partial charge in [-0.2, -0.15) is 0 Å². The molecule has 0 radical (unpaired) electrons. The SMILES string of the molecule is CN(C)S(=O)(=O)c1cccc(NC(=O)COc2nnc3ccccn23)c1. The average molecular weight is 375 g/mol. The van der Waals surface area contributed by atoms with Crippen molar-refractivity contribution in [3.05, 3.63) is 48.7 Å². The third kappa shape index (κ3) is 3.65. The molecule has 0 saturated heterocycles. The predicted molar refractivity (Wildman–Crippen MR) is 94.4 cm³/mol. The van der Waals surface area contributed by atoms with Crippen molar-refractivity contribution >= 4 is 27.3 Å². The highest BCUT2D eigenvalue weighted by Crippen LogP contribution is 2.18. The zero-order valence-electron chi connectivity index (χ0n) is 14.2. The van der Waals surface area contributed by atoms with E-state index < -0.39 is 15.9 Å². The van der Waals surface area contributed by atoms with E-state index in [1.165, 1.54) is 26.2 Å². The number of fused-ring (bicyclic) bond motifs is 1. The smallest absolute Gasteiger partial charge is 0.322 e. The number of nitrogens with zero attached hydrogens (tertiary/aromatic N) is 4. The number of pyridine rings is 1. The molecule has 0 aliphatic heterocycles. The number of hydrogen-bond donors (Lipinski definition) is 1. The van der Waals surface area contributed by atoms with Gasteiger partial charge in [-0.15, -0.1) is 5.10 Å². The van der Waals surface area contributed by atoms with Gasteiger partial charge in [0.25, 0.3) is 5.91 Å². The number of hydrogen-bond acceptors (Lipinski definition) is 6. The van der Waals surface area contributed by atoms with Crippen LogP contribution in [0.3, 0.4) is 0 Å². The maximum atomic E-state index is 12.1. The number of nitrogens with one attached hydrogen (secondary N) is 1. The van der Waals surface area contributed by atoms with Crippen LogP contribution in [-0.4, -0.2) is 53.9 Å². The molecule has 0 saturated carbocycles. The molecule has 3 aromatic rings. The lowest BCUT2D eigenvalue weighted by molar-refractivity contribution is -0.118. The number of ether oxygens (including phenoxy) is 1. The number of carbonyl (C=O) groups is 1. The number of sulfonamides is 1. The van der Waals surface area contributed by atoms with Gasteiger partial charge in [0.05, 0.1) is 4.90 Å². The van der Waals surface area contributed by atoms with Crippen molar-refractivity contribution in [2.24, 2.45) is 0 Å². The number of rotatable bonds is 6. The molecule has 0 atom stereocenters. The van der Waals surface area contributed by atoms with Crippen molar-refractivity contribution in [1.29, 1.82) is 0 Å². The molecule has 0 fully saturated rings. The van der Waals surface area contributed by atoms with E-state index in [4.69, 9.17) is 4.74 Å². The molecule has 0 aliphatic rings. The van der Waals surface area contributed by atoms with Crippen molar-refractivity contribution < 1.29 is 17.9 Å². The van der Waals surface area contributed by atoms with Gasteiger partial charge in [0.2, 0.25) is 10.0 Å². The molecular weight excluding hydrogens is 358 g/mol. The molecule has 0 aliphatic carbocycles. The van der Waals surface area contributed by atoms with Gasteiger partial charge in [-0.1, -0.05) is 17.2 Å². The van der Waals surface area contributed by atoms with E-state index in [2.05, 4.69) is 15.5 Å². The van der Waals surface area contributed by atoms with Crippen LogP contribution in [0.4, 0.5) is 5.69 Å². The topological polar surface area (TPSA) is 106 Å². The first-order valence-electron chi connectivity index (χ1n) is 7.63. The fraction of sp³-hybridized carbons (Fsp3) is 0.188. The second kappa shape index (κ2) is 7.10. The molecule has 1 amide bonds. The Morgan fingerprint density at radius 3 is 2.77 bits per heavy atom. The summed E-state index contributed by atoms with van der Waals surface area (Å²) >= 11 is 0. The molecule has 2 aromatic heterocycles. The zero-order chi connectivity index (χ0) is 18.7. The Labute approximate surface area is 150 Å². The van der Waals surface area contributed by atoms with Crippen LogP contribution in [0.25, 0.3) is 5.65 Å². The second-order valence-corrected chi connectivity index (χ2v) is 7.72. The normalized spacial score (nSPS) is 11.7. The van der Waals surface area contributed by atoms with Crippen molar-refractivity contribution in [1.82, 2.24) is 18.9 Å². The van der Waals surface area contributed by atoms with Crippen LogP contribution in [-0.2, 0) is 14.8 Å². The molecule has 26 heavy (non-hydrogen) atoms. The lowest BCUT2D eigenvalue weighted by Crippen LogP contribution is -2.23. The average Bonchev–Trinajstić information content (AvgIpc) is 3.03. The molecule has 0 unspecified atom stereocenters. The predicted octanol–water partition coefficient (Wildman–Crippen LogP) is 0.997. The van der Waals surface area contributed by atoms with Gasteiger partial charge in [-0.3, -0.25) is 9.20 Å². The van der Waals surface area contributed by atoms with Crippen molar-refractivity contribution in [3.63, 3.8) is 0 Å². The summed E-state index contributed by atoms with van der Waals surface area (Å²) in [7, 11) is -0.695. The van der Waals surface area contributed by atoms with Crippen molar-refractivity contribution in [2.75, 3.05) is 26.0 Å². The Kier molecular flexibility index (Phi) is 4.87. The first-order chi connectivity index (χ1) is 12.4. The molecule has 1 N–H and O–H groups in total. The van der Waals surface area contributed by atoms with E-state index in [-0.39, 0.29) is 17.5 Å². The minimum Gasteiger partial charge on any atom is -0.453 e. The van der Waals surface area contributed by atoms with Crippen LogP contribution in [0.15, 0.2) is 53.6 Å². The van der Waals surface area contributed by atoms with Crippen LogP contribution in [0.2, 0.25) is 0 Å². The maximum absolute atomic E-state index is 12.1. The van der Waals surface area contributed by atoms with Gasteiger partial charge in [-0.25, -0.2) is 12.7 Å². The van der Waals surface area contributed by atoms with E-state index in [0.717, 1.165) is 4.31 Å². The third-order valence-electron chi connectivity index (χ3n) is 3.51. The minimum atomic E-state index is -3.58. The highest BCUT2D eigenvalue weighted by Gasteiger charge is 2.17. The van der Waals surface area contributed by atoms with Gasteiger partial charge < -0.3 is 10.1 Å². The van der Waals surface area contributed by atoms with Gasteiger partial charge in [0.1, 0.15) is 0 Å². The van der Waals surface area contributed by atoms with E-state index in [1.807, 2.05) is 6.07 Å². The van der Waals surface area contributed by atoms with E-state index in [1.54, 1.807) is 34.9 Å². The first kappa shape index (κ1) is 17.8. The Morgan fingerprint density at radius 1 is 1.19 bits per heavy atom. The molecule has 1 aromatic carbocycles. The van der Waals surface area contributed by atoms with Crippen LogP contribution in [0.5, 0.6) is 6.01 Å². The van der Waals surface area contributed by atoms with Crippen LogP contribution in [0.1, 0.15) is 0 Å². The fourth-order valence-corrected chi connectivity index (χ4v) is 3.14. The number of amides is 1. The molecule has 10 heteroatoms. The van der Waals surface area contributed by atoms with Gasteiger partial charge in [-0.05, 0) is 30.3 Å². The molecule has 0 bridgehead atoms. The summed E-state index contributed by atoms with van der Waals surface area (Å²) in [6.45, 7) is -0.291. The van der Waals surface area contributed by atoms with E-state index in [9.17, 15) is 13.2 Å². The molecule has 0 spiro atoms. The summed E-state index contributed by atoms with van der Waals surface area (Å²) in [6, 6.07) is 11.6. The zero-order valence-corrected chi connectivity index (χ0v) is 15.0. The second-order valence-electron chi connectivity index (χ2n) is 5.56. The van der Waals surface area contributed by atoms with Crippen LogP contribution < -0.4 is 10.1 Å². The van der Waals surface area contributed by atoms with E-state index >= 15 is 0 Å². The molecular formula is C16H17N5O4S. The summed E-state index contributed by atoms with van der Waals surface area (Å²) in [5.41, 5.74) is 0.956. The van der Waals surface area contributed by atoms with Gasteiger partial charge in [0, 0.05) is 26.0 Å². The van der Waals surface area contributed by atoms with Crippen molar-refractivity contribution in [2.45, 2.75) is 4.90 Å². The van der Waals surface area contributed by atoms with Crippen molar-refractivity contribution in [3.8, 4) is 6.01 Å². The Bertz CT molecular complexity index is 1050. The summed E-state index contributed by atoms with van der Waals surface area (Å²) in [5, 5.41) is 10.4. The van der Waals surface area contributed by atoms with Gasteiger partial charge in [0.15, 0.2) is 12.3 Å². The lowest BCUT2D eigenvalue weighted by atomic mass is 10.3. The van der Waals surface area contributed by atoms with Crippen LogP contribution >= 0.6 is 0 Å². The number of benzene rings is 1. The maximum Gasteiger partial charge on any atom is 0.322 e. The monoisotopic (exact) mass is 375 g/mol. The summed E-state index contributed by atoms with van der Waals surface area (Å²) in [5.74, 6) is -0.447. The largest absolute Gasteiger partial charge is 0.453 e. The lowest BCUT2D eigenvalue weighted by Gasteiger charge is -2.12. The standard InChI is InChI=1S/C16H17N5O4S/c1-20(2)26(23,24)13-7-5-6-12(10-13)17-15(22)11-25-16-19-18-14-8-3-4-9-21(14)16/h3-10H,11H2,1-2H3,(H,17,22). The quantitative estimate of drug-likeness (QED) is 0.689. The highest BCUT2D eigenvalue weighted by molar-refractivity contribution is 7.89. The summed E-state index contributed by atoms with van der Waals surface area (Å²) in [4.78, 5) is 12.2.